The molecule has 1 heterocycles. The molecule has 20 heavy (non-hydrogen) atoms. The maximum absolute atomic E-state index is 12.2. The Labute approximate surface area is 123 Å². The number of aromatic nitrogens is 2. The van der Waals surface area contributed by atoms with E-state index in [4.69, 9.17) is 0 Å². The minimum atomic E-state index is -0.0868. The first kappa shape index (κ1) is 14.7. The highest BCUT2D eigenvalue weighted by molar-refractivity contribution is 7.08. The normalized spacial score (nSPS) is 10.8. The van der Waals surface area contributed by atoms with Crippen LogP contribution in [-0.2, 0) is 0 Å². The van der Waals surface area contributed by atoms with Gasteiger partial charge in [-0.15, -0.1) is 5.10 Å². The van der Waals surface area contributed by atoms with Gasteiger partial charge in [-0.2, -0.15) is 0 Å². The van der Waals surface area contributed by atoms with Gasteiger partial charge in [-0.3, -0.25) is 4.79 Å². The maximum Gasteiger partial charge on any atom is 0.265 e. The summed E-state index contributed by atoms with van der Waals surface area (Å²) < 4.78 is 3.92. The third-order valence-corrected chi connectivity index (χ3v) is 3.75. The molecule has 106 valence electrons. The van der Waals surface area contributed by atoms with Crippen molar-refractivity contribution < 1.29 is 4.79 Å². The monoisotopic (exact) mass is 289 g/mol. The van der Waals surface area contributed by atoms with Gasteiger partial charge in [-0.1, -0.05) is 48.2 Å². The Hall–Kier alpha value is -1.75. The molecule has 0 atom stereocenters. The average molecular weight is 289 g/mol. The van der Waals surface area contributed by atoms with Crippen LogP contribution in [-0.4, -0.2) is 22.0 Å². The number of nitrogens with zero attached hydrogens (tertiary/aromatic N) is 2. The number of hydrogen-bond acceptors (Lipinski definition) is 4. The second-order valence-corrected chi connectivity index (χ2v) is 6.01. The zero-order valence-corrected chi connectivity index (χ0v) is 12.8. The van der Waals surface area contributed by atoms with Crippen LogP contribution in [0.2, 0.25) is 0 Å². The molecule has 2 aromatic rings. The van der Waals surface area contributed by atoms with Crippen molar-refractivity contribution in [3.05, 3.63) is 34.7 Å². The minimum Gasteiger partial charge on any atom is -0.351 e. The van der Waals surface area contributed by atoms with Crippen LogP contribution < -0.4 is 5.32 Å². The first-order valence-corrected chi connectivity index (χ1v) is 7.53. The summed E-state index contributed by atoms with van der Waals surface area (Å²) in [5.74, 6) is 0.489. The first-order valence-electron chi connectivity index (χ1n) is 6.75. The number of nitrogens with one attached hydrogen (secondary N) is 1. The fourth-order valence-corrected chi connectivity index (χ4v) is 2.40. The molecule has 0 aliphatic rings. The highest BCUT2D eigenvalue weighted by Crippen LogP contribution is 2.24. The summed E-state index contributed by atoms with van der Waals surface area (Å²) in [7, 11) is 0. The maximum atomic E-state index is 12.2. The van der Waals surface area contributed by atoms with Gasteiger partial charge in [0.15, 0.2) is 0 Å². The molecule has 1 aromatic carbocycles. The second-order valence-electron chi connectivity index (χ2n) is 5.26. The van der Waals surface area contributed by atoms with Crippen molar-refractivity contribution in [1.82, 2.24) is 14.9 Å². The summed E-state index contributed by atoms with van der Waals surface area (Å²) in [5.41, 5.74) is 2.77. The van der Waals surface area contributed by atoms with Crippen LogP contribution in [0.25, 0.3) is 11.3 Å². The molecule has 2 rings (SSSR count). The SMILES string of the molecule is Cc1ccc(-c2nnsc2C(=O)NCCC(C)C)cc1. The summed E-state index contributed by atoms with van der Waals surface area (Å²) in [6.07, 6.45) is 0.970. The van der Waals surface area contributed by atoms with Gasteiger partial charge in [0, 0.05) is 12.1 Å². The molecular weight excluding hydrogens is 270 g/mol. The van der Waals surface area contributed by atoms with Crippen LogP contribution in [0.3, 0.4) is 0 Å². The Bertz CT molecular complexity index is 575. The zero-order valence-electron chi connectivity index (χ0n) is 12.0. The number of rotatable bonds is 5. The lowest BCUT2D eigenvalue weighted by Crippen LogP contribution is -2.25. The van der Waals surface area contributed by atoms with E-state index in [2.05, 4.69) is 28.8 Å². The molecule has 0 saturated heterocycles. The Morgan fingerprint density at radius 1 is 1.30 bits per heavy atom. The Kier molecular flexibility index (Phi) is 4.84. The van der Waals surface area contributed by atoms with Crippen molar-refractivity contribution in [3.8, 4) is 11.3 Å². The molecule has 0 radical (unpaired) electrons. The van der Waals surface area contributed by atoms with Gasteiger partial charge < -0.3 is 5.32 Å². The number of benzene rings is 1. The third kappa shape index (κ3) is 3.63. The van der Waals surface area contributed by atoms with E-state index in [-0.39, 0.29) is 5.91 Å². The van der Waals surface area contributed by atoms with Crippen LogP contribution in [0.5, 0.6) is 0 Å². The molecule has 5 heteroatoms. The van der Waals surface area contributed by atoms with Gasteiger partial charge in [-0.05, 0) is 30.8 Å². The van der Waals surface area contributed by atoms with Gasteiger partial charge in [-0.25, -0.2) is 0 Å². The van der Waals surface area contributed by atoms with E-state index in [1.54, 1.807) is 0 Å². The predicted octanol–water partition coefficient (Wildman–Crippen LogP) is 3.29. The Balaban J connectivity index is 2.12. The molecule has 1 aromatic heterocycles. The predicted molar refractivity (Wildman–Crippen MR) is 81.9 cm³/mol. The molecular formula is C15H19N3OS. The number of amides is 1. The van der Waals surface area contributed by atoms with Crippen molar-refractivity contribution in [2.75, 3.05) is 6.54 Å². The highest BCUT2D eigenvalue weighted by atomic mass is 32.1. The lowest BCUT2D eigenvalue weighted by Gasteiger charge is -2.06. The lowest BCUT2D eigenvalue weighted by molar-refractivity contribution is 0.0956. The van der Waals surface area contributed by atoms with Crippen LogP contribution in [0.15, 0.2) is 24.3 Å². The van der Waals surface area contributed by atoms with Crippen molar-refractivity contribution in [2.24, 2.45) is 5.92 Å². The number of hydrogen-bond donors (Lipinski definition) is 1. The summed E-state index contributed by atoms with van der Waals surface area (Å²) in [6.45, 7) is 6.99. The highest BCUT2D eigenvalue weighted by Gasteiger charge is 2.17. The van der Waals surface area contributed by atoms with E-state index in [0.29, 0.717) is 23.0 Å². The molecule has 4 nitrogen and oxygen atoms in total. The number of carbonyl (C=O) groups is 1. The van der Waals surface area contributed by atoms with E-state index in [1.807, 2.05) is 31.2 Å². The van der Waals surface area contributed by atoms with E-state index < -0.39 is 0 Å². The summed E-state index contributed by atoms with van der Waals surface area (Å²) in [6, 6.07) is 7.96. The van der Waals surface area contributed by atoms with Gasteiger partial charge in [0.1, 0.15) is 10.6 Å². The van der Waals surface area contributed by atoms with Crippen LogP contribution in [0, 0.1) is 12.8 Å². The molecule has 1 N–H and O–H groups in total. The third-order valence-electron chi connectivity index (χ3n) is 3.03. The van der Waals surface area contributed by atoms with Crippen molar-refractivity contribution in [1.29, 1.82) is 0 Å². The van der Waals surface area contributed by atoms with Gasteiger partial charge in [0.2, 0.25) is 0 Å². The van der Waals surface area contributed by atoms with Crippen LogP contribution in [0.4, 0.5) is 0 Å². The molecule has 1 amide bonds. The molecule has 0 aliphatic carbocycles. The van der Waals surface area contributed by atoms with Gasteiger partial charge in [0.25, 0.3) is 5.91 Å². The zero-order chi connectivity index (χ0) is 14.5. The summed E-state index contributed by atoms with van der Waals surface area (Å²) in [5, 5.41) is 7.02. The molecule has 0 aliphatic heterocycles. The van der Waals surface area contributed by atoms with Gasteiger partial charge in [0.05, 0.1) is 0 Å². The number of aryl methyl sites for hydroxylation is 1. The molecule has 0 saturated carbocycles. The van der Waals surface area contributed by atoms with E-state index in [0.717, 1.165) is 23.5 Å². The minimum absolute atomic E-state index is 0.0868. The topological polar surface area (TPSA) is 54.9 Å². The fraction of sp³-hybridized carbons (Fsp3) is 0.400. The van der Waals surface area contributed by atoms with Crippen molar-refractivity contribution in [3.63, 3.8) is 0 Å². The van der Waals surface area contributed by atoms with Gasteiger partial charge >= 0.3 is 0 Å². The standard InChI is InChI=1S/C15H19N3OS/c1-10(2)8-9-16-15(19)14-13(17-18-20-14)12-6-4-11(3)5-7-12/h4-7,10H,8-9H2,1-3H3,(H,16,19). The molecule has 0 spiro atoms. The van der Waals surface area contributed by atoms with E-state index in [1.165, 1.54) is 5.56 Å². The van der Waals surface area contributed by atoms with Crippen molar-refractivity contribution in [2.45, 2.75) is 27.2 Å². The van der Waals surface area contributed by atoms with Crippen LogP contribution >= 0.6 is 11.5 Å². The molecule has 0 bridgehead atoms. The van der Waals surface area contributed by atoms with Crippen LogP contribution in [0.1, 0.15) is 35.5 Å². The first-order chi connectivity index (χ1) is 9.58. The largest absolute Gasteiger partial charge is 0.351 e. The quantitative estimate of drug-likeness (QED) is 0.919. The lowest BCUT2D eigenvalue weighted by atomic mass is 10.1. The molecule has 0 fully saturated rings. The van der Waals surface area contributed by atoms with E-state index >= 15 is 0 Å². The number of carbonyl (C=O) groups excluding carboxylic acids is 1. The Morgan fingerprint density at radius 3 is 2.65 bits per heavy atom. The smallest absolute Gasteiger partial charge is 0.265 e. The fourth-order valence-electron chi connectivity index (χ4n) is 1.79. The van der Waals surface area contributed by atoms with Crippen molar-refractivity contribution >= 4 is 17.4 Å². The second kappa shape index (κ2) is 6.61. The average Bonchev–Trinajstić information content (AvgIpc) is 2.88. The summed E-state index contributed by atoms with van der Waals surface area (Å²) in [4.78, 5) is 12.7. The molecule has 0 unspecified atom stereocenters. The van der Waals surface area contributed by atoms with E-state index in [9.17, 15) is 4.79 Å². The Morgan fingerprint density at radius 2 is 2.00 bits per heavy atom. The summed E-state index contributed by atoms with van der Waals surface area (Å²) >= 11 is 1.14.